The van der Waals surface area contributed by atoms with Crippen LogP contribution in [-0.2, 0) is 27.8 Å². The van der Waals surface area contributed by atoms with E-state index in [9.17, 15) is 8.42 Å². The van der Waals surface area contributed by atoms with Crippen molar-refractivity contribution in [1.29, 1.82) is 0 Å². The van der Waals surface area contributed by atoms with E-state index in [1.807, 2.05) is 18.7 Å². The lowest BCUT2D eigenvalue weighted by Gasteiger charge is -2.27. The number of anilines is 1. The number of nitrogens with zero attached hydrogens (tertiary/aromatic N) is 5. The Hall–Kier alpha value is -2.04. The number of hydrogen-bond acceptors (Lipinski definition) is 7. The summed E-state index contributed by atoms with van der Waals surface area (Å²) in [4.78, 5) is 11.3. The molecule has 3 rings (SSSR count). The summed E-state index contributed by atoms with van der Waals surface area (Å²) in [6.07, 6.45) is 0. The Morgan fingerprint density at radius 2 is 1.89 bits per heavy atom. The van der Waals surface area contributed by atoms with Crippen molar-refractivity contribution in [2.45, 2.75) is 45.7 Å². The van der Waals surface area contributed by atoms with Crippen LogP contribution in [0.25, 0.3) is 0 Å². The van der Waals surface area contributed by atoms with E-state index in [0.29, 0.717) is 42.8 Å². The van der Waals surface area contributed by atoms with Gasteiger partial charge in [0.15, 0.2) is 0 Å². The lowest BCUT2D eigenvalue weighted by molar-refractivity contribution is 0.122. The second-order valence-electron chi connectivity index (χ2n) is 6.54. The highest BCUT2D eigenvalue weighted by Gasteiger charge is 2.24. The summed E-state index contributed by atoms with van der Waals surface area (Å²) < 4.78 is 35.3. The van der Waals surface area contributed by atoms with E-state index >= 15 is 0 Å². The first kappa shape index (κ1) is 19.7. The number of hydrogen-bond donors (Lipinski definition) is 1. The monoisotopic (exact) mass is 394 g/mol. The van der Waals surface area contributed by atoms with Gasteiger partial charge in [0.1, 0.15) is 4.90 Å². The summed E-state index contributed by atoms with van der Waals surface area (Å²) in [7, 11) is -3.69. The zero-order valence-electron chi connectivity index (χ0n) is 16.2. The zero-order chi connectivity index (χ0) is 19.6. The molecule has 10 heteroatoms. The molecule has 0 unspecified atom stereocenters. The van der Waals surface area contributed by atoms with Gasteiger partial charge in [-0.25, -0.2) is 23.1 Å². The molecule has 2 aromatic heterocycles. The van der Waals surface area contributed by atoms with E-state index < -0.39 is 10.0 Å². The summed E-state index contributed by atoms with van der Waals surface area (Å²) in [5.74, 6) is 0.610. The fraction of sp³-hybridized carbons (Fsp3) is 0.588. The van der Waals surface area contributed by atoms with Crippen molar-refractivity contribution >= 4 is 16.0 Å². The zero-order valence-corrected chi connectivity index (χ0v) is 17.0. The third-order valence-electron chi connectivity index (χ3n) is 4.52. The maximum atomic E-state index is 12.8. The van der Waals surface area contributed by atoms with E-state index in [1.165, 1.54) is 0 Å². The van der Waals surface area contributed by atoms with Gasteiger partial charge in [-0.2, -0.15) is 5.10 Å². The van der Waals surface area contributed by atoms with Crippen molar-refractivity contribution < 1.29 is 13.2 Å². The molecule has 1 saturated heterocycles. The van der Waals surface area contributed by atoms with Gasteiger partial charge in [-0.05, 0) is 33.8 Å². The summed E-state index contributed by atoms with van der Waals surface area (Å²) in [5, 5.41) is 4.29. The molecule has 1 aliphatic heterocycles. The predicted octanol–water partition coefficient (Wildman–Crippen LogP) is 0.933. The number of rotatable bonds is 6. The van der Waals surface area contributed by atoms with Crippen LogP contribution in [-0.4, -0.2) is 54.5 Å². The second-order valence-corrected chi connectivity index (χ2v) is 8.24. The van der Waals surface area contributed by atoms with Gasteiger partial charge in [0.05, 0.1) is 36.8 Å². The van der Waals surface area contributed by atoms with E-state index in [4.69, 9.17) is 4.74 Å². The standard InChI is InChI=1S/C17H26N6O3S/c1-5-23-14(4)16(13(3)21-23)27(24,25)18-11-15-10-12(2)19-17(20-15)22-6-8-26-9-7-22/h10,18H,5-9,11H2,1-4H3. The molecule has 0 bridgehead atoms. The predicted molar refractivity (Wildman–Crippen MR) is 101 cm³/mol. The fourth-order valence-corrected chi connectivity index (χ4v) is 4.64. The van der Waals surface area contributed by atoms with Crippen LogP contribution in [0.5, 0.6) is 0 Å². The molecule has 1 aliphatic rings. The molecule has 0 radical (unpaired) electrons. The summed E-state index contributed by atoms with van der Waals surface area (Å²) in [5.41, 5.74) is 2.56. The topological polar surface area (TPSA) is 102 Å². The molecule has 27 heavy (non-hydrogen) atoms. The average molecular weight is 395 g/mol. The van der Waals surface area contributed by atoms with E-state index in [-0.39, 0.29) is 11.4 Å². The SMILES string of the molecule is CCn1nc(C)c(S(=O)(=O)NCc2cc(C)nc(N3CCOCC3)n2)c1C. The molecule has 0 aromatic carbocycles. The van der Waals surface area contributed by atoms with Crippen LogP contribution in [0, 0.1) is 20.8 Å². The van der Waals surface area contributed by atoms with Gasteiger partial charge in [0, 0.05) is 25.3 Å². The molecular formula is C17H26N6O3S. The highest BCUT2D eigenvalue weighted by atomic mass is 32.2. The maximum Gasteiger partial charge on any atom is 0.244 e. The quantitative estimate of drug-likeness (QED) is 0.778. The van der Waals surface area contributed by atoms with Crippen LogP contribution in [0.2, 0.25) is 0 Å². The lowest BCUT2D eigenvalue weighted by atomic mass is 10.3. The van der Waals surface area contributed by atoms with Gasteiger partial charge in [-0.1, -0.05) is 0 Å². The van der Waals surface area contributed by atoms with Gasteiger partial charge in [-0.15, -0.1) is 0 Å². The van der Waals surface area contributed by atoms with Gasteiger partial charge in [-0.3, -0.25) is 4.68 Å². The molecule has 0 saturated carbocycles. The van der Waals surface area contributed by atoms with Crippen molar-refractivity contribution in [3.05, 3.63) is 28.8 Å². The molecule has 0 spiro atoms. The molecule has 3 heterocycles. The highest BCUT2D eigenvalue weighted by molar-refractivity contribution is 7.89. The second kappa shape index (κ2) is 7.91. The Balaban J connectivity index is 1.80. The molecule has 9 nitrogen and oxygen atoms in total. The Labute approximate surface area is 159 Å². The van der Waals surface area contributed by atoms with Gasteiger partial charge in [0.2, 0.25) is 16.0 Å². The largest absolute Gasteiger partial charge is 0.378 e. The third-order valence-corrected chi connectivity index (χ3v) is 6.17. The lowest BCUT2D eigenvalue weighted by Crippen LogP contribution is -2.37. The first-order valence-corrected chi connectivity index (χ1v) is 10.5. The first-order chi connectivity index (χ1) is 12.8. The highest BCUT2D eigenvalue weighted by Crippen LogP contribution is 2.20. The molecule has 2 aromatic rings. The number of nitrogens with one attached hydrogen (secondary N) is 1. The first-order valence-electron chi connectivity index (χ1n) is 9.02. The molecule has 0 atom stereocenters. The number of sulfonamides is 1. The van der Waals surface area contributed by atoms with Gasteiger partial charge < -0.3 is 9.64 Å². The molecular weight excluding hydrogens is 368 g/mol. The Morgan fingerprint density at radius 3 is 2.52 bits per heavy atom. The van der Waals surface area contributed by atoms with Crippen molar-refractivity contribution in [3.63, 3.8) is 0 Å². The van der Waals surface area contributed by atoms with Crippen LogP contribution in [0.15, 0.2) is 11.0 Å². The Bertz CT molecular complexity index is 919. The van der Waals surface area contributed by atoms with E-state index in [2.05, 4.69) is 19.8 Å². The third kappa shape index (κ3) is 4.28. The van der Waals surface area contributed by atoms with Crippen LogP contribution in [0.4, 0.5) is 5.95 Å². The maximum absolute atomic E-state index is 12.8. The average Bonchev–Trinajstić information content (AvgIpc) is 2.94. The minimum atomic E-state index is -3.69. The minimum Gasteiger partial charge on any atom is -0.378 e. The van der Waals surface area contributed by atoms with E-state index in [1.54, 1.807) is 24.6 Å². The van der Waals surface area contributed by atoms with E-state index in [0.717, 1.165) is 18.8 Å². The van der Waals surface area contributed by atoms with Gasteiger partial charge in [0.25, 0.3) is 0 Å². The molecule has 0 aliphatic carbocycles. The smallest absolute Gasteiger partial charge is 0.244 e. The van der Waals surface area contributed by atoms with Crippen molar-refractivity contribution in [1.82, 2.24) is 24.5 Å². The summed E-state index contributed by atoms with van der Waals surface area (Å²) >= 11 is 0. The van der Waals surface area contributed by atoms with Crippen LogP contribution in [0.1, 0.15) is 29.7 Å². The summed E-state index contributed by atoms with van der Waals surface area (Å²) in [6.45, 7) is 10.7. The number of ether oxygens (including phenoxy) is 1. The van der Waals surface area contributed by atoms with Crippen LogP contribution in [0.3, 0.4) is 0 Å². The fourth-order valence-electron chi connectivity index (χ4n) is 3.23. The number of aromatic nitrogens is 4. The minimum absolute atomic E-state index is 0.0964. The number of aryl methyl sites for hydroxylation is 3. The van der Waals surface area contributed by atoms with Gasteiger partial charge >= 0.3 is 0 Å². The van der Waals surface area contributed by atoms with Crippen molar-refractivity contribution in [2.75, 3.05) is 31.2 Å². The van der Waals surface area contributed by atoms with Crippen LogP contribution < -0.4 is 9.62 Å². The molecule has 1 fully saturated rings. The Morgan fingerprint density at radius 1 is 1.19 bits per heavy atom. The Kier molecular flexibility index (Phi) is 5.78. The van der Waals surface area contributed by atoms with Crippen molar-refractivity contribution in [2.24, 2.45) is 0 Å². The summed E-state index contributed by atoms with van der Waals surface area (Å²) in [6, 6.07) is 1.79. The van der Waals surface area contributed by atoms with Crippen LogP contribution >= 0.6 is 0 Å². The van der Waals surface area contributed by atoms with Crippen molar-refractivity contribution in [3.8, 4) is 0 Å². The number of morpholine rings is 1. The normalized spacial score (nSPS) is 15.3. The molecule has 1 N–H and O–H groups in total. The molecule has 0 amide bonds. The molecule has 148 valence electrons.